The van der Waals surface area contributed by atoms with Crippen molar-refractivity contribution in [1.82, 2.24) is 15.3 Å². The number of benzene rings is 1. The zero-order valence-electron chi connectivity index (χ0n) is 14.2. The van der Waals surface area contributed by atoms with E-state index in [9.17, 15) is 22.8 Å². The fraction of sp³-hybridized carbons (Fsp3) is 0.235. The molecule has 2 aromatic heterocycles. The van der Waals surface area contributed by atoms with Gasteiger partial charge in [-0.25, -0.2) is 4.98 Å². The number of H-pyrrole nitrogens is 1. The van der Waals surface area contributed by atoms with Crippen LogP contribution in [0.4, 0.5) is 13.2 Å². The smallest absolute Gasteiger partial charge is 0.442 e. The van der Waals surface area contributed by atoms with E-state index in [4.69, 9.17) is 4.42 Å². The molecule has 1 unspecified atom stereocenters. The fourth-order valence-electron chi connectivity index (χ4n) is 2.66. The zero-order valence-corrected chi connectivity index (χ0v) is 14.2. The van der Waals surface area contributed by atoms with E-state index in [1.54, 1.807) is 13.0 Å². The van der Waals surface area contributed by atoms with Gasteiger partial charge in [0, 0.05) is 0 Å². The van der Waals surface area contributed by atoms with Crippen molar-refractivity contribution in [2.45, 2.75) is 26.3 Å². The van der Waals surface area contributed by atoms with Crippen LogP contribution in [-0.2, 0) is 0 Å². The lowest BCUT2D eigenvalue weighted by Gasteiger charge is -2.16. The summed E-state index contributed by atoms with van der Waals surface area (Å²) in [7, 11) is 0. The number of halogens is 3. The third-order valence-electron chi connectivity index (χ3n) is 3.84. The van der Waals surface area contributed by atoms with E-state index in [0.29, 0.717) is 5.56 Å². The van der Waals surface area contributed by atoms with Gasteiger partial charge in [0.25, 0.3) is 11.5 Å². The Morgan fingerprint density at radius 3 is 2.81 bits per heavy atom. The minimum absolute atomic E-state index is 0.00820. The summed E-state index contributed by atoms with van der Waals surface area (Å²) in [5.41, 5.74) is -0.0960. The first-order valence-electron chi connectivity index (χ1n) is 7.79. The second-order valence-electron chi connectivity index (χ2n) is 5.76. The lowest BCUT2D eigenvalue weighted by molar-refractivity contribution is -0.274. The summed E-state index contributed by atoms with van der Waals surface area (Å²) in [5, 5.41) is 2.64. The van der Waals surface area contributed by atoms with Crippen LogP contribution in [0.2, 0.25) is 0 Å². The molecular formula is C17H14F3N3O4. The van der Waals surface area contributed by atoms with Crippen LogP contribution >= 0.6 is 0 Å². The van der Waals surface area contributed by atoms with Gasteiger partial charge in [-0.2, -0.15) is 0 Å². The summed E-state index contributed by atoms with van der Waals surface area (Å²) in [5.74, 6) is -0.806. The van der Waals surface area contributed by atoms with Crippen molar-refractivity contribution < 1.29 is 27.1 Å². The van der Waals surface area contributed by atoms with Gasteiger partial charge >= 0.3 is 6.36 Å². The lowest BCUT2D eigenvalue weighted by atomic mass is 10.1. The number of nitrogens with zero attached hydrogens (tertiary/aromatic N) is 1. The molecule has 0 saturated carbocycles. The maximum Gasteiger partial charge on any atom is 0.573 e. The Kier molecular flexibility index (Phi) is 4.64. The number of carbonyl (C=O) groups is 1. The Balaban J connectivity index is 1.86. The van der Waals surface area contributed by atoms with Crippen molar-refractivity contribution in [2.24, 2.45) is 0 Å². The summed E-state index contributed by atoms with van der Waals surface area (Å²) in [6.45, 7) is 3.10. The highest BCUT2D eigenvalue weighted by molar-refractivity contribution is 6.06. The molecule has 0 bridgehead atoms. The normalized spacial score (nSPS) is 12.8. The number of hydrogen-bond acceptors (Lipinski definition) is 5. The van der Waals surface area contributed by atoms with Crippen LogP contribution in [0.25, 0.3) is 11.1 Å². The van der Waals surface area contributed by atoms with Gasteiger partial charge in [-0.05, 0) is 31.5 Å². The number of aromatic nitrogens is 2. The predicted molar refractivity (Wildman–Crippen MR) is 88.4 cm³/mol. The van der Waals surface area contributed by atoms with E-state index in [1.165, 1.54) is 19.1 Å². The van der Waals surface area contributed by atoms with Gasteiger partial charge in [-0.15, -0.1) is 13.2 Å². The summed E-state index contributed by atoms with van der Waals surface area (Å²) in [4.78, 5) is 30.9. The minimum atomic E-state index is -4.81. The van der Waals surface area contributed by atoms with Crippen LogP contribution in [0, 0.1) is 6.92 Å². The van der Waals surface area contributed by atoms with Gasteiger partial charge in [-0.3, -0.25) is 9.59 Å². The van der Waals surface area contributed by atoms with E-state index >= 15 is 0 Å². The molecule has 7 nitrogen and oxygen atoms in total. The quantitative estimate of drug-likeness (QED) is 0.723. The highest BCUT2D eigenvalue weighted by Gasteiger charge is 2.31. The van der Waals surface area contributed by atoms with Gasteiger partial charge in [0.05, 0.1) is 17.9 Å². The van der Waals surface area contributed by atoms with Gasteiger partial charge in [0.15, 0.2) is 0 Å². The first kappa shape index (κ1) is 18.5. The third-order valence-corrected chi connectivity index (χ3v) is 3.84. The molecule has 0 aliphatic heterocycles. The third kappa shape index (κ3) is 3.94. The molecule has 0 aliphatic rings. The van der Waals surface area contributed by atoms with E-state index in [-0.39, 0.29) is 22.4 Å². The van der Waals surface area contributed by atoms with Crippen molar-refractivity contribution in [3.8, 4) is 5.75 Å². The number of rotatable bonds is 4. The average Bonchev–Trinajstić information content (AvgIpc) is 2.91. The molecule has 0 aliphatic carbocycles. The largest absolute Gasteiger partial charge is 0.573 e. The topological polar surface area (TPSA) is 97.2 Å². The summed E-state index contributed by atoms with van der Waals surface area (Å²) >= 11 is 0. The molecule has 2 N–H and O–H groups in total. The second kappa shape index (κ2) is 6.78. The van der Waals surface area contributed by atoms with E-state index in [0.717, 1.165) is 12.4 Å². The SMILES string of the molecule is Cc1oc2nc[nH]c(=O)c2c1C(=O)NC(C)c1cccc(OC(F)(F)F)c1. The number of carbonyl (C=O) groups excluding carboxylic acids is 1. The van der Waals surface area contributed by atoms with Crippen molar-refractivity contribution in [2.75, 3.05) is 0 Å². The second-order valence-corrected chi connectivity index (χ2v) is 5.76. The van der Waals surface area contributed by atoms with Crippen molar-refractivity contribution in [3.05, 3.63) is 57.8 Å². The molecule has 10 heteroatoms. The predicted octanol–water partition coefficient (Wildman–Crippen LogP) is 3.21. The average molecular weight is 381 g/mol. The number of aryl methyl sites for hydroxylation is 1. The van der Waals surface area contributed by atoms with Crippen LogP contribution < -0.4 is 15.6 Å². The molecule has 1 amide bonds. The molecule has 3 aromatic rings. The Bertz CT molecular complexity index is 1060. The Morgan fingerprint density at radius 1 is 1.37 bits per heavy atom. The van der Waals surface area contributed by atoms with Crippen LogP contribution in [0.15, 0.2) is 39.8 Å². The molecule has 1 aromatic carbocycles. The summed E-state index contributed by atoms with van der Waals surface area (Å²) in [6, 6.07) is 4.60. The highest BCUT2D eigenvalue weighted by Crippen LogP contribution is 2.26. The lowest BCUT2D eigenvalue weighted by Crippen LogP contribution is -2.28. The molecule has 0 spiro atoms. The molecule has 0 radical (unpaired) electrons. The standard InChI is InChI=1S/C17H14F3N3O4/c1-8(10-4-3-5-11(6-10)27-17(18,19)20)23-15(25)12-9(2)26-16-13(12)14(24)21-7-22-16/h3-8H,1-2H3,(H,23,25)(H,21,22,24). The maximum atomic E-state index is 12.6. The Morgan fingerprint density at radius 2 is 2.11 bits per heavy atom. The molecule has 27 heavy (non-hydrogen) atoms. The first-order valence-corrected chi connectivity index (χ1v) is 7.79. The highest BCUT2D eigenvalue weighted by atomic mass is 19.4. The van der Waals surface area contributed by atoms with E-state index < -0.39 is 29.6 Å². The van der Waals surface area contributed by atoms with Crippen LogP contribution in [0.5, 0.6) is 5.75 Å². The zero-order chi connectivity index (χ0) is 19.8. The van der Waals surface area contributed by atoms with Gasteiger partial charge in [-0.1, -0.05) is 12.1 Å². The number of nitrogens with one attached hydrogen (secondary N) is 2. The monoisotopic (exact) mass is 381 g/mol. The Hall–Kier alpha value is -3.30. The van der Waals surface area contributed by atoms with E-state index in [1.807, 2.05) is 0 Å². The van der Waals surface area contributed by atoms with Crippen LogP contribution in [-0.4, -0.2) is 22.2 Å². The number of amides is 1. The number of fused-ring (bicyclic) bond motifs is 1. The molecule has 0 fully saturated rings. The molecule has 142 valence electrons. The van der Waals surface area contributed by atoms with Crippen molar-refractivity contribution in [3.63, 3.8) is 0 Å². The van der Waals surface area contributed by atoms with E-state index in [2.05, 4.69) is 20.0 Å². The maximum absolute atomic E-state index is 12.6. The summed E-state index contributed by atoms with van der Waals surface area (Å²) in [6.07, 6.45) is -3.66. The molecule has 0 saturated heterocycles. The number of aromatic amines is 1. The number of ether oxygens (including phenoxy) is 1. The number of hydrogen-bond donors (Lipinski definition) is 2. The van der Waals surface area contributed by atoms with Gasteiger partial charge < -0.3 is 19.5 Å². The van der Waals surface area contributed by atoms with Crippen molar-refractivity contribution in [1.29, 1.82) is 0 Å². The molecular weight excluding hydrogens is 367 g/mol. The summed E-state index contributed by atoms with van der Waals surface area (Å²) < 4.78 is 46.3. The van der Waals surface area contributed by atoms with Crippen LogP contribution in [0.3, 0.4) is 0 Å². The molecule has 2 heterocycles. The fourth-order valence-corrected chi connectivity index (χ4v) is 2.66. The van der Waals surface area contributed by atoms with Gasteiger partial charge in [0.2, 0.25) is 5.71 Å². The first-order chi connectivity index (χ1) is 12.7. The Labute approximate surface area is 150 Å². The molecule has 1 atom stereocenters. The number of alkyl halides is 3. The minimum Gasteiger partial charge on any atom is -0.442 e. The molecule has 3 rings (SSSR count). The van der Waals surface area contributed by atoms with Crippen LogP contribution in [0.1, 0.15) is 34.6 Å². The number of furan rings is 1. The van der Waals surface area contributed by atoms with Gasteiger partial charge in [0.1, 0.15) is 16.9 Å². The van der Waals surface area contributed by atoms with Crippen molar-refractivity contribution >= 4 is 17.0 Å².